The van der Waals surface area contributed by atoms with Crippen LogP contribution in [-0.2, 0) is 14.6 Å². The Morgan fingerprint density at radius 3 is 2.69 bits per heavy atom. The number of aromatic nitrogens is 1. The van der Waals surface area contributed by atoms with Crippen molar-refractivity contribution in [1.82, 2.24) is 4.98 Å². The molecule has 1 aromatic rings. The zero-order chi connectivity index (χ0) is 9.31. The third-order valence-electron chi connectivity index (χ3n) is 1.93. The molecular formula is C8H9NO3S. The summed E-state index contributed by atoms with van der Waals surface area (Å²) in [6.45, 7) is 0.525. The smallest absolute Gasteiger partial charge is 0.222 e. The van der Waals surface area contributed by atoms with Crippen LogP contribution in [0.15, 0.2) is 29.4 Å². The van der Waals surface area contributed by atoms with Gasteiger partial charge < -0.3 is 4.74 Å². The first-order valence-electron chi connectivity index (χ1n) is 3.98. The highest BCUT2D eigenvalue weighted by molar-refractivity contribution is 7.91. The fourth-order valence-corrected chi connectivity index (χ4v) is 2.54. The summed E-state index contributed by atoms with van der Waals surface area (Å²) in [5.41, 5.74) is -0.678. The molecule has 0 radical (unpaired) electrons. The second kappa shape index (κ2) is 3.08. The zero-order valence-electron chi connectivity index (χ0n) is 6.88. The van der Waals surface area contributed by atoms with Crippen LogP contribution >= 0.6 is 0 Å². The number of rotatable bonds is 2. The fraction of sp³-hybridized carbons (Fsp3) is 0.375. The average Bonchev–Trinajstić information content (AvgIpc) is 2.02. The Hall–Kier alpha value is -0.940. The van der Waals surface area contributed by atoms with Gasteiger partial charge in [-0.3, -0.25) is 0 Å². The lowest BCUT2D eigenvalue weighted by atomic mass is 10.4. The van der Waals surface area contributed by atoms with E-state index < -0.39 is 15.3 Å². The van der Waals surface area contributed by atoms with Crippen molar-refractivity contribution in [2.45, 2.75) is 16.9 Å². The van der Waals surface area contributed by atoms with Crippen LogP contribution in [-0.4, -0.2) is 25.4 Å². The number of pyridine rings is 1. The van der Waals surface area contributed by atoms with Crippen LogP contribution in [0.2, 0.25) is 0 Å². The Morgan fingerprint density at radius 2 is 2.23 bits per heavy atom. The van der Waals surface area contributed by atoms with Crippen LogP contribution in [0.5, 0.6) is 0 Å². The lowest BCUT2D eigenvalue weighted by Gasteiger charge is -2.25. The minimum Gasteiger partial charge on any atom is -0.362 e. The summed E-state index contributed by atoms with van der Waals surface area (Å²) >= 11 is 0. The first-order valence-corrected chi connectivity index (χ1v) is 5.52. The molecule has 0 spiro atoms. The van der Waals surface area contributed by atoms with Crippen LogP contribution in [0.25, 0.3) is 0 Å². The van der Waals surface area contributed by atoms with E-state index in [-0.39, 0.29) is 5.03 Å². The highest BCUT2D eigenvalue weighted by Gasteiger charge is 2.34. The number of nitrogens with zero attached hydrogens (tertiary/aromatic N) is 1. The van der Waals surface area contributed by atoms with Crippen molar-refractivity contribution in [2.75, 3.05) is 6.61 Å². The van der Waals surface area contributed by atoms with Gasteiger partial charge in [-0.05, 0) is 12.1 Å². The van der Waals surface area contributed by atoms with Crippen molar-refractivity contribution in [2.24, 2.45) is 0 Å². The third-order valence-corrected chi connectivity index (χ3v) is 3.82. The Labute approximate surface area is 76.5 Å². The van der Waals surface area contributed by atoms with Gasteiger partial charge in [0.1, 0.15) is 0 Å². The SMILES string of the molecule is O=S(=O)(c1ccccn1)C1CCO1. The van der Waals surface area contributed by atoms with E-state index in [0.717, 1.165) is 0 Å². The van der Waals surface area contributed by atoms with E-state index in [1.54, 1.807) is 12.1 Å². The quantitative estimate of drug-likeness (QED) is 0.700. The van der Waals surface area contributed by atoms with E-state index in [4.69, 9.17) is 4.74 Å². The molecular weight excluding hydrogens is 190 g/mol. The molecule has 1 fully saturated rings. The maximum Gasteiger partial charge on any atom is 0.222 e. The third kappa shape index (κ3) is 1.45. The van der Waals surface area contributed by atoms with Gasteiger partial charge in [0.05, 0.1) is 6.61 Å². The van der Waals surface area contributed by atoms with Gasteiger partial charge in [0, 0.05) is 12.6 Å². The molecule has 1 saturated heterocycles. The molecule has 13 heavy (non-hydrogen) atoms. The number of sulfone groups is 1. The predicted molar refractivity (Wildman–Crippen MR) is 45.8 cm³/mol. The number of ether oxygens (including phenoxy) is 1. The van der Waals surface area contributed by atoms with Crippen molar-refractivity contribution in [3.63, 3.8) is 0 Å². The van der Waals surface area contributed by atoms with Gasteiger partial charge in [-0.1, -0.05) is 6.07 Å². The van der Waals surface area contributed by atoms with E-state index in [0.29, 0.717) is 13.0 Å². The summed E-state index contributed by atoms with van der Waals surface area (Å²) in [4.78, 5) is 3.79. The van der Waals surface area contributed by atoms with Gasteiger partial charge in [-0.15, -0.1) is 0 Å². The van der Waals surface area contributed by atoms with E-state index in [1.165, 1.54) is 12.3 Å². The molecule has 0 aliphatic carbocycles. The number of hydrogen-bond donors (Lipinski definition) is 0. The molecule has 2 heterocycles. The Morgan fingerprint density at radius 1 is 1.46 bits per heavy atom. The van der Waals surface area contributed by atoms with Crippen molar-refractivity contribution in [3.05, 3.63) is 24.4 Å². The molecule has 1 aliphatic rings. The molecule has 0 amide bonds. The van der Waals surface area contributed by atoms with Crippen molar-refractivity contribution < 1.29 is 13.2 Å². The van der Waals surface area contributed by atoms with Crippen LogP contribution in [0, 0.1) is 0 Å². The van der Waals surface area contributed by atoms with Crippen LogP contribution in [0.1, 0.15) is 6.42 Å². The molecule has 5 heteroatoms. The predicted octanol–water partition coefficient (Wildman–Crippen LogP) is 0.602. The highest BCUT2D eigenvalue weighted by atomic mass is 32.2. The summed E-state index contributed by atoms with van der Waals surface area (Å²) in [7, 11) is -3.34. The van der Waals surface area contributed by atoms with E-state index in [1.807, 2.05) is 0 Å². The summed E-state index contributed by atoms with van der Waals surface area (Å²) in [6, 6.07) is 4.82. The second-order valence-corrected chi connectivity index (χ2v) is 4.84. The molecule has 1 unspecified atom stereocenters. The molecule has 4 nitrogen and oxygen atoms in total. The van der Waals surface area contributed by atoms with E-state index in [9.17, 15) is 8.42 Å². The van der Waals surface area contributed by atoms with Gasteiger partial charge >= 0.3 is 0 Å². The van der Waals surface area contributed by atoms with Gasteiger partial charge in [0.25, 0.3) is 0 Å². The maximum absolute atomic E-state index is 11.6. The second-order valence-electron chi connectivity index (χ2n) is 2.80. The van der Waals surface area contributed by atoms with Crippen LogP contribution in [0.3, 0.4) is 0 Å². The molecule has 1 atom stereocenters. The van der Waals surface area contributed by atoms with Crippen molar-refractivity contribution in [3.8, 4) is 0 Å². The summed E-state index contributed by atoms with van der Waals surface area (Å²) in [5, 5.41) is 0.0969. The van der Waals surface area contributed by atoms with Gasteiger partial charge in [0.2, 0.25) is 9.84 Å². The van der Waals surface area contributed by atoms with E-state index >= 15 is 0 Å². The van der Waals surface area contributed by atoms with Crippen molar-refractivity contribution >= 4 is 9.84 Å². The molecule has 0 bridgehead atoms. The summed E-state index contributed by atoms with van der Waals surface area (Å²) in [6.07, 6.45) is 2.03. The molecule has 0 aromatic carbocycles. The average molecular weight is 199 g/mol. The highest BCUT2D eigenvalue weighted by Crippen LogP contribution is 2.23. The van der Waals surface area contributed by atoms with Gasteiger partial charge in [0.15, 0.2) is 10.5 Å². The first kappa shape index (κ1) is 8.65. The van der Waals surface area contributed by atoms with Crippen molar-refractivity contribution in [1.29, 1.82) is 0 Å². The summed E-state index contributed by atoms with van der Waals surface area (Å²) in [5.74, 6) is 0. The molecule has 0 saturated carbocycles. The van der Waals surface area contributed by atoms with E-state index in [2.05, 4.69) is 4.98 Å². The Balaban J connectivity index is 2.35. The van der Waals surface area contributed by atoms with Gasteiger partial charge in [-0.2, -0.15) is 0 Å². The normalized spacial score (nSPS) is 22.3. The number of hydrogen-bond acceptors (Lipinski definition) is 4. The zero-order valence-corrected chi connectivity index (χ0v) is 7.70. The topological polar surface area (TPSA) is 56.3 Å². The minimum atomic E-state index is -3.34. The lowest BCUT2D eigenvalue weighted by Crippen LogP contribution is -2.35. The molecule has 2 rings (SSSR count). The van der Waals surface area contributed by atoms with Gasteiger partial charge in [-0.25, -0.2) is 13.4 Å². The largest absolute Gasteiger partial charge is 0.362 e. The standard InChI is InChI=1S/C8H9NO3S/c10-13(11,8-4-6-12-8)7-3-1-2-5-9-7/h1-3,5,8H,4,6H2. The van der Waals surface area contributed by atoms with Crippen LogP contribution < -0.4 is 0 Å². The molecule has 70 valence electrons. The Kier molecular flexibility index (Phi) is 2.05. The Bertz CT molecular complexity index is 383. The first-order chi connectivity index (χ1) is 6.21. The molecule has 1 aliphatic heterocycles. The maximum atomic E-state index is 11.6. The van der Waals surface area contributed by atoms with Crippen LogP contribution in [0.4, 0.5) is 0 Å². The minimum absolute atomic E-state index is 0.0969. The lowest BCUT2D eigenvalue weighted by molar-refractivity contribution is 0.00302. The molecule has 0 N–H and O–H groups in total. The summed E-state index contributed by atoms with van der Waals surface area (Å²) < 4.78 is 28.2. The fourth-order valence-electron chi connectivity index (χ4n) is 1.11. The monoisotopic (exact) mass is 199 g/mol. The molecule has 1 aromatic heterocycles.